The van der Waals surface area contributed by atoms with Gasteiger partial charge in [0.1, 0.15) is 28.1 Å². The molecule has 44 heteroatoms. The Kier molecular flexibility index (Phi) is 83.0. The van der Waals surface area contributed by atoms with Gasteiger partial charge in [-0.3, -0.25) is 10.6 Å². The first kappa shape index (κ1) is 136. The molecule has 2 aromatic rings. The van der Waals surface area contributed by atoms with Crippen LogP contribution in [0.25, 0.3) is 6.08 Å². The van der Waals surface area contributed by atoms with Crippen molar-refractivity contribution in [2.24, 2.45) is 28.7 Å². The van der Waals surface area contributed by atoms with Gasteiger partial charge in [-0.25, -0.2) is 4.79 Å². The first-order valence-corrected chi connectivity index (χ1v) is 64.8. The van der Waals surface area contributed by atoms with Crippen LogP contribution in [-0.2, 0) is 108 Å². The molecule has 5 rings (SSSR count). The van der Waals surface area contributed by atoms with Crippen LogP contribution in [0.5, 0.6) is 0 Å². The predicted octanol–water partition coefficient (Wildman–Crippen LogP) is 10.5. The molecule has 3 aliphatic rings. The molecule has 3 heterocycles. The molecule has 2 aromatic carbocycles. The second-order valence-electron chi connectivity index (χ2n) is 32.1. The van der Waals surface area contributed by atoms with Gasteiger partial charge in [-0.15, -0.1) is 0 Å². The summed E-state index contributed by atoms with van der Waals surface area (Å²) in [6.07, 6.45) is 21.2. The zero-order chi connectivity index (χ0) is 101. The molecule has 134 heavy (non-hydrogen) atoms. The number of hydrogen-bond donors (Lipinski definition) is 12. The fraction of sp³-hybridized carbons (Fsp3) is 0.811. The Labute approximate surface area is 819 Å². The fourth-order valence-corrected chi connectivity index (χ4v) is 37.5. The van der Waals surface area contributed by atoms with Crippen molar-refractivity contribution in [1.29, 1.82) is 0 Å². The van der Waals surface area contributed by atoms with E-state index in [1.165, 1.54) is 44.2 Å². The number of carbonyl (C=O) groups excluding carboxylic acids is 1. The first-order chi connectivity index (χ1) is 64.4. The molecule has 792 valence electrons. The van der Waals surface area contributed by atoms with Gasteiger partial charge < -0.3 is 158 Å². The lowest BCUT2D eigenvalue weighted by molar-refractivity contribution is -0.137. The number of ether oxygens (including phenoxy) is 4. The highest BCUT2D eigenvalue weighted by Gasteiger charge is 2.61. The molecule has 0 amide bonds. The molecular weight excluding hydrogens is 1860 g/mol. The minimum absolute atomic E-state index is 0.195. The van der Waals surface area contributed by atoms with Gasteiger partial charge in [-0.05, 0) is 204 Å². The zero-order valence-electron chi connectivity index (χ0n) is 87.6. The van der Waals surface area contributed by atoms with Crippen LogP contribution in [0.3, 0.4) is 0 Å². The number of hydrogen-bond acceptors (Lipinski definition) is 36. The molecule has 3 fully saturated rings. The molecule has 0 aliphatic carbocycles. The third kappa shape index (κ3) is 51.7. The summed E-state index contributed by atoms with van der Waals surface area (Å²) >= 11 is 0. The molecule has 0 bridgehead atoms. The van der Waals surface area contributed by atoms with E-state index in [1.54, 1.807) is 114 Å². The number of nitrogens with one attached hydrogen (secondary N) is 5. The minimum Gasteiger partial charge on any atom is -0.463 e. The lowest BCUT2D eigenvalue weighted by Gasteiger charge is -2.48. The summed E-state index contributed by atoms with van der Waals surface area (Å²) < 4.78 is 128. The normalized spacial score (nSPS) is 18.5. The Balaban J connectivity index is -0.00000147. The number of methoxy groups -OCH3 is 3. The van der Waals surface area contributed by atoms with Gasteiger partial charge in [-0.2, -0.15) is 0 Å². The van der Waals surface area contributed by atoms with Crippen molar-refractivity contribution < 1.29 is 118 Å². The number of aliphatic hydroxyl groups is 2. The number of rotatable bonds is 66. The molecule has 3 saturated heterocycles. The molecule has 0 spiro atoms. The van der Waals surface area contributed by atoms with Gasteiger partial charge in [-0.1, -0.05) is 99.7 Å². The molecule has 17 N–H and O–H groups in total. The Morgan fingerprint density at radius 2 is 0.791 bits per heavy atom. The van der Waals surface area contributed by atoms with Crippen LogP contribution in [0, 0.1) is 0 Å². The lowest BCUT2D eigenvalue weighted by Crippen LogP contribution is -2.64. The summed E-state index contributed by atoms with van der Waals surface area (Å²) in [5.74, 6) is -0.422. The van der Waals surface area contributed by atoms with E-state index in [0.29, 0.717) is 111 Å². The van der Waals surface area contributed by atoms with Gasteiger partial charge in [0.25, 0.3) is 0 Å². The standard InChI is InChI=1S/C17H29NO3Si.C13H30N2O3Si.C11H28N2O3Si.C11H25NO3Si.C11H16O3Si.C10H26N2O3Si.C9H18O5Si.C8H22N2O3Si/c1-19-17(12-7-8-15-22(17,20-2)21-3)13-9-14-18-16-10-5-4-6-11-16;1-16-13(8-6-10-15-11-9-14)7-4-5-12-19(13,17-2)18-3;1-4-14-17(15-5-2,16-6-3)11-7-9-13-10-8-12;1-13-11(8-6-9-12)7-4-5-10-16(11,14-2)15-3;1-12-15(13-2,14-3)10-9-11-7-5-4-6-8-11;1-4-14-16(3,15-5-2)9-6-10(13)12-8-7-11;1-5-9(10)14-7-6-8-15(11-2,12-3)13-4;1-12-14(3,13-2)7-4-8(11)10-6-5-9/h4-6,10-11,18H,7-9,12-15H2,1-3H3;15H,4-12,14H2,1-3H3;13H,4-12H2,1-3H3;4-10,12H2,1-3H3;4-10H,1-3H3;10,12-13H,4-9,11H2,1-3H3;5H,1,6-8H2,2-4H3;8,10-11H,4-7,9H2,1-3H3. The summed E-state index contributed by atoms with van der Waals surface area (Å²) in [7, 11) is 10.4. The Hall–Kier alpha value is -2.39. The van der Waals surface area contributed by atoms with Gasteiger partial charge in [0.05, 0.1) is 6.61 Å². The first-order valence-electron chi connectivity index (χ1n) is 48.1. The maximum atomic E-state index is 10.7. The van der Waals surface area contributed by atoms with E-state index in [0.717, 1.165) is 145 Å². The SMILES string of the molecule is C=CC(=O)OCCC[Si](OC)(OC)OC.CCO[Si](C)(CCC(O)NCCN)OCC.CCO[Si](CCCNCCN)(OCC)OCC.COC1(CCCN)CCCC[Si]1(OC)OC.COC1(CCCNCCN)CCCC[Si]1(OC)OC.COC1(CCCNc2ccccc2)CCCC[Si]1(OC)OC.CO[Si](C)(CCC(O)NCCN)OC.CO[Si](C=Cc1ccccc1)(OC)OC. The van der Waals surface area contributed by atoms with Crippen molar-refractivity contribution in [3.05, 3.63) is 84.6 Å². The maximum absolute atomic E-state index is 10.7. The van der Waals surface area contributed by atoms with Gasteiger partial charge in [0.15, 0.2) is 0 Å². The monoisotopic (exact) mass is 2060 g/mol. The summed E-state index contributed by atoms with van der Waals surface area (Å²) in [6.45, 7) is 29.7. The van der Waals surface area contributed by atoms with Crippen molar-refractivity contribution in [3.8, 4) is 0 Å². The number of para-hydroxylation sites is 1. The van der Waals surface area contributed by atoms with Crippen molar-refractivity contribution in [3.63, 3.8) is 0 Å². The maximum Gasteiger partial charge on any atom is 0.528 e. The largest absolute Gasteiger partial charge is 0.528 e. The number of benzene rings is 2. The van der Waals surface area contributed by atoms with E-state index in [2.05, 4.69) is 45.3 Å². The molecule has 0 aromatic heterocycles. The lowest BCUT2D eigenvalue weighted by atomic mass is 10.1. The van der Waals surface area contributed by atoms with Crippen molar-refractivity contribution >= 4 is 87.0 Å². The average Bonchev–Trinajstić information content (AvgIpc) is 0.773. The van der Waals surface area contributed by atoms with E-state index >= 15 is 0 Å². The van der Waals surface area contributed by atoms with E-state index in [4.69, 9.17) is 132 Å². The van der Waals surface area contributed by atoms with Gasteiger partial charge in [0, 0.05) is 237 Å². The topological polar surface area (TPSA) is 460 Å². The number of esters is 1. The van der Waals surface area contributed by atoms with E-state index in [9.17, 15) is 15.0 Å². The highest BCUT2D eigenvalue weighted by atomic mass is 28.4. The minimum atomic E-state index is -2.58. The molecule has 0 saturated carbocycles. The number of nitrogens with two attached hydrogens (primary N) is 5. The van der Waals surface area contributed by atoms with Gasteiger partial charge in [0.2, 0.25) is 0 Å². The third-order valence-corrected chi connectivity index (χ3v) is 51.5. The van der Waals surface area contributed by atoms with E-state index in [-0.39, 0.29) is 15.7 Å². The van der Waals surface area contributed by atoms with E-state index in [1.807, 2.05) is 115 Å². The van der Waals surface area contributed by atoms with Crippen molar-refractivity contribution in [1.82, 2.24) is 21.3 Å². The third-order valence-electron chi connectivity index (χ3n) is 24.1. The average molecular weight is 2060 g/mol. The second-order valence-corrected chi connectivity index (χ2v) is 58.8. The van der Waals surface area contributed by atoms with Crippen LogP contribution >= 0.6 is 0 Å². The highest BCUT2D eigenvalue weighted by molar-refractivity contribution is 6.72. The molecule has 5 atom stereocenters. The Bertz CT molecular complexity index is 3010. The van der Waals surface area contributed by atoms with Crippen LogP contribution in [0.1, 0.15) is 162 Å². The Morgan fingerprint density at radius 3 is 1.13 bits per heavy atom. The highest BCUT2D eigenvalue weighted by Crippen LogP contribution is 2.45. The smallest absolute Gasteiger partial charge is 0.463 e. The zero-order valence-corrected chi connectivity index (χ0v) is 95.6. The molecular formula is C90H194N10O26Si8. The van der Waals surface area contributed by atoms with Crippen LogP contribution in [0.4, 0.5) is 5.69 Å². The summed E-state index contributed by atoms with van der Waals surface area (Å²) in [5.41, 5.74) is 31.3. The quantitative estimate of drug-likeness (QED) is 0.00962. The molecule has 0 radical (unpaired) electrons. The summed E-state index contributed by atoms with van der Waals surface area (Å²) in [6, 6.07) is 26.4. The number of aliphatic hydroxyl groups excluding tert-OH is 2. The summed E-state index contributed by atoms with van der Waals surface area (Å²) in [5, 5.41) is 34.4. The molecule has 36 nitrogen and oxygen atoms in total. The van der Waals surface area contributed by atoms with E-state index < -0.39 is 87.6 Å². The van der Waals surface area contributed by atoms with Crippen molar-refractivity contribution in [2.75, 3.05) is 244 Å². The summed E-state index contributed by atoms with van der Waals surface area (Å²) in [4.78, 5) is 10.7. The van der Waals surface area contributed by atoms with Crippen LogP contribution in [0.15, 0.2) is 79.0 Å². The van der Waals surface area contributed by atoms with Crippen LogP contribution in [0.2, 0.25) is 55.4 Å². The fourth-order valence-electron chi connectivity index (χ4n) is 16.4. The second kappa shape index (κ2) is 82.0. The number of carbonyl (C=O) groups is 1. The van der Waals surface area contributed by atoms with Crippen LogP contribution < -0.4 is 55.3 Å². The molecule has 5 unspecified atom stereocenters. The Morgan fingerprint density at radius 1 is 0.425 bits per heavy atom. The predicted molar refractivity (Wildman–Crippen MR) is 555 cm³/mol. The van der Waals surface area contributed by atoms with Crippen LogP contribution in [-0.4, -0.2) is 353 Å². The molecule has 3 aliphatic heterocycles. The van der Waals surface area contributed by atoms with Gasteiger partial charge >= 0.3 is 75.2 Å². The number of anilines is 1. The van der Waals surface area contributed by atoms with Crippen molar-refractivity contribution in [2.45, 2.75) is 240 Å².